The summed E-state index contributed by atoms with van der Waals surface area (Å²) in [5.74, 6) is 0.759. The molecule has 0 radical (unpaired) electrons. The second-order valence-corrected chi connectivity index (χ2v) is 3.60. The third-order valence-corrected chi connectivity index (χ3v) is 2.34. The van der Waals surface area contributed by atoms with Crippen LogP contribution in [0.5, 0.6) is 5.75 Å². The van der Waals surface area contributed by atoms with Gasteiger partial charge in [0.25, 0.3) is 0 Å². The molecule has 1 rings (SSSR count). The zero-order valence-electron chi connectivity index (χ0n) is 9.69. The molecule has 3 N–H and O–H groups in total. The van der Waals surface area contributed by atoms with Gasteiger partial charge in [-0.3, -0.25) is 4.79 Å². The van der Waals surface area contributed by atoms with Gasteiger partial charge in [0, 0.05) is 13.0 Å². The summed E-state index contributed by atoms with van der Waals surface area (Å²) in [6.45, 7) is 2.31. The first-order valence-electron chi connectivity index (χ1n) is 5.30. The molecule has 0 fully saturated rings. The normalized spacial score (nSPS) is 11.9. The lowest BCUT2D eigenvalue weighted by Crippen LogP contribution is -2.28. The molecule has 0 unspecified atom stereocenters. The van der Waals surface area contributed by atoms with Crippen LogP contribution in [0.1, 0.15) is 24.9 Å². The molecule has 4 heteroatoms. The Morgan fingerprint density at radius 2 is 2.31 bits per heavy atom. The van der Waals surface area contributed by atoms with Gasteiger partial charge >= 0.3 is 0 Å². The van der Waals surface area contributed by atoms with Crippen LogP contribution in [0.2, 0.25) is 0 Å². The summed E-state index contributed by atoms with van der Waals surface area (Å²) in [5.41, 5.74) is 6.33. The predicted molar refractivity (Wildman–Crippen MR) is 63.2 cm³/mol. The Bertz CT molecular complexity index is 353. The summed E-state index contributed by atoms with van der Waals surface area (Å²) in [5, 5.41) is 2.87. The van der Waals surface area contributed by atoms with E-state index in [-0.39, 0.29) is 11.9 Å². The summed E-state index contributed by atoms with van der Waals surface area (Å²) in [6, 6.07) is 7.61. The van der Waals surface area contributed by atoms with E-state index in [0.29, 0.717) is 13.0 Å². The van der Waals surface area contributed by atoms with Crippen LogP contribution in [0.3, 0.4) is 0 Å². The van der Waals surface area contributed by atoms with Crippen molar-refractivity contribution in [3.05, 3.63) is 29.8 Å². The Morgan fingerprint density at radius 1 is 1.56 bits per heavy atom. The highest BCUT2D eigenvalue weighted by Gasteiger charge is 2.09. The largest absolute Gasteiger partial charge is 0.497 e. The summed E-state index contributed by atoms with van der Waals surface area (Å²) in [7, 11) is 1.62. The van der Waals surface area contributed by atoms with E-state index in [1.54, 1.807) is 7.11 Å². The smallest absolute Gasteiger partial charge is 0.221 e. The van der Waals surface area contributed by atoms with Crippen molar-refractivity contribution in [1.29, 1.82) is 0 Å². The van der Waals surface area contributed by atoms with Gasteiger partial charge in [-0.2, -0.15) is 0 Å². The topological polar surface area (TPSA) is 64.3 Å². The molecule has 0 aliphatic rings. The lowest BCUT2D eigenvalue weighted by atomic mass is 10.1. The molecule has 0 aromatic heterocycles. The number of nitrogens with one attached hydrogen (secondary N) is 1. The van der Waals surface area contributed by atoms with Gasteiger partial charge in [-0.25, -0.2) is 0 Å². The monoisotopic (exact) mass is 222 g/mol. The Labute approximate surface area is 95.8 Å². The minimum Gasteiger partial charge on any atom is -0.497 e. The first-order chi connectivity index (χ1) is 7.67. The highest BCUT2D eigenvalue weighted by atomic mass is 16.5. The average molecular weight is 222 g/mol. The van der Waals surface area contributed by atoms with Crippen molar-refractivity contribution in [2.45, 2.75) is 19.4 Å². The molecule has 16 heavy (non-hydrogen) atoms. The molecule has 0 aliphatic heterocycles. The van der Waals surface area contributed by atoms with Crippen molar-refractivity contribution in [2.75, 3.05) is 13.7 Å². The van der Waals surface area contributed by atoms with Crippen molar-refractivity contribution in [3.8, 4) is 5.75 Å². The molecule has 0 spiro atoms. The van der Waals surface area contributed by atoms with Gasteiger partial charge < -0.3 is 15.8 Å². The molecule has 0 saturated heterocycles. The number of nitrogens with two attached hydrogens (primary N) is 1. The lowest BCUT2D eigenvalue weighted by molar-refractivity contribution is -0.121. The van der Waals surface area contributed by atoms with Gasteiger partial charge in [0.1, 0.15) is 5.75 Å². The third kappa shape index (κ3) is 3.55. The zero-order chi connectivity index (χ0) is 12.0. The molecule has 1 aromatic carbocycles. The minimum absolute atomic E-state index is 0.0298. The maximum Gasteiger partial charge on any atom is 0.221 e. The van der Waals surface area contributed by atoms with Crippen LogP contribution in [0.4, 0.5) is 0 Å². The van der Waals surface area contributed by atoms with Crippen LogP contribution < -0.4 is 15.8 Å². The third-order valence-electron chi connectivity index (χ3n) is 2.34. The molecular weight excluding hydrogens is 204 g/mol. The Kier molecular flexibility index (Phi) is 4.79. The van der Waals surface area contributed by atoms with Gasteiger partial charge in [-0.15, -0.1) is 0 Å². The number of hydrogen-bond acceptors (Lipinski definition) is 3. The fraction of sp³-hybridized carbons (Fsp3) is 0.417. The number of benzene rings is 1. The molecule has 1 amide bonds. The Hall–Kier alpha value is -1.55. The standard InChI is InChI=1S/C12H18N2O2/c1-9(14-12(15)6-7-13)10-4-3-5-11(8-10)16-2/h3-5,8-9H,6-7,13H2,1-2H3,(H,14,15)/t9-/m0/s1. The van der Waals surface area contributed by atoms with Gasteiger partial charge in [-0.1, -0.05) is 12.1 Å². The summed E-state index contributed by atoms with van der Waals surface area (Å²) < 4.78 is 5.12. The zero-order valence-corrected chi connectivity index (χ0v) is 9.69. The number of carbonyl (C=O) groups excluding carboxylic acids is 1. The summed E-state index contributed by atoms with van der Waals surface area (Å²) in [4.78, 5) is 11.4. The number of amides is 1. The van der Waals surface area contributed by atoms with E-state index in [2.05, 4.69) is 5.32 Å². The molecular formula is C12H18N2O2. The van der Waals surface area contributed by atoms with Crippen molar-refractivity contribution >= 4 is 5.91 Å². The van der Waals surface area contributed by atoms with E-state index in [9.17, 15) is 4.79 Å². The Morgan fingerprint density at radius 3 is 2.94 bits per heavy atom. The Balaban J connectivity index is 2.64. The summed E-state index contributed by atoms with van der Waals surface area (Å²) >= 11 is 0. The van der Waals surface area contributed by atoms with Crippen LogP contribution in [0, 0.1) is 0 Å². The van der Waals surface area contributed by atoms with Crippen LogP contribution in [-0.4, -0.2) is 19.6 Å². The number of rotatable bonds is 5. The molecule has 0 heterocycles. The second kappa shape index (κ2) is 6.12. The molecule has 0 aliphatic carbocycles. The van der Waals surface area contributed by atoms with Crippen LogP contribution >= 0.6 is 0 Å². The van der Waals surface area contributed by atoms with E-state index in [0.717, 1.165) is 11.3 Å². The predicted octanol–water partition coefficient (Wildman–Crippen LogP) is 1.22. The second-order valence-electron chi connectivity index (χ2n) is 3.60. The first-order valence-corrected chi connectivity index (χ1v) is 5.30. The van der Waals surface area contributed by atoms with Crippen molar-refractivity contribution < 1.29 is 9.53 Å². The van der Waals surface area contributed by atoms with Crippen molar-refractivity contribution in [1.82, 2.24) is 5.32 Å². The van der Waals surface area contributed by atoms with Crippen LogP contribution in [-0.2, 0) is 4.79 Å². The fourth-order valence-corrected chi connectivity index (χ4v) is 1.44. The molecule has 4 nitrogen and oxygen atoms in total. The maximum atomic E-state index is 11.4. The van der Waals surface area contributed by atoms with Gasteiger partial charge in [0.2, 0.25) is 5.91 Å². The fourth-order valence-electron chi connectivity index (χ4n) is 1.44. The van der Waals surface area contributed by atoms with Crippen molar-refractivity contribution in [3.63, 3.8) is 0 Å². The first kappa shape index (κ1) is 12.5. The molecule has 1 atom stereocenters. The van der Waals surface area contributed by atoms with E-state index in [4.69, 9.17) is 10.5 Å². The average Bonchev–Trinajstić information content (AvgIpc) is 2.29. The molecule has 1 aromatic rings. The number of ether oxygens (including phenoxy) is 1. The quantitative estimate of drug-likeness (QED) is 0.787. The SMILES string of the molecule is COc1cccc([C@H](C)NC(=O)CCN)c1. The molecule has 88 valence electrons. The number of methoxy groups -OCH3 is 1. The lowest BCUT2D eigenvalue weighted by Gasteiger charge is -2.14. The highest BCUT2D eigenvalue weighted by molar-refractivity contribution is 5.76. The molecule has 0 saturated carbocycles. The van der Waals surface area contributed by atoms with Gasteiger partial charge in [0.05, 0.1) is 13.2 Å². The van der Waals surface area contributed by atoms with Gasteiger partial charge in [-0.05, 0) is 24.6 Å². The maximum absolute atomic E-state index is 11.4. The van der Waals surface area contributed by atoms with Crippen LogP contribution in [0.25, 0.3) is 0 Å². The van der Waals surface area contributed by atoms with Gasteiger partial charge in [0.15, 0.2) is 0 Å². The van der Waals surface area contributed by atoms with E-state index >= 15 is 0 Å². The van der Waals surface area contributed by atoms with E-state index < -0.39 is 0 Å². The van der Waals surface area contributed by atoms with Crippen LogP contribution in [0.15, 0.2) is 24.3 Å². The van der Waals surface area contributed by atoms with E-state index in [1.165, 1.54) is 0 Å². The number of hydrogen-bond donors (Lipinski definition) is 2. The van der Waals surface area contributed by atoms with E-state index in [1.807, 2.05) is 31.2 Å². The molecule has 0 bridgehead atoms. The number of carbonyl (C=O) groups is 1. The summed E-state index contributed by atoms with van der Waals surface area (Å²) in [6.07, 6.45) is 0.355. The van der Waals surface area contributed by atoms with Crippen molar-refractivity contribution in [2.24, 2.45) is 5.73 Å². The highest BCUT2D eigenvalue weighted by Crippen LogP contribution is 2.18. The minimum atomic E-state index is -0.0332.